The third-order valence-electron chi connectivity index (χ3n) is 3.57. The Balaban J connectivity index is 2.27. The first-order valence-electron chi connectivity index (χ1n) is 6.10. The van der Waals surface area contributed by atoms with Crippen molar-refractivity contribution in [1.82, 2.24) is 0 Å². The zero-order valence-electron chi connectivity index (χ0n) is 11.0. The van der Waals surface area contributed by atoms with Crippen LogP contribution in [0, 0.1) is 10.1 Å². The molecular formula is C12H15BrN2O4S. The average Bonchev–Trinajstić information content (AvgIpc) is 2.77. The largest absolute Gasteiger partial charge is 0.371 e. The van der Waals surface area contributed by atoms with Gasteiger partial charge in [0.05, 0.1) is 16.4 Å². The minimum Gasteiger partial charge on any atom is -0.371 e. The first kappa shape index (κ1) is 15.2. The number of rotatable bonds is 4. The Bertz CT molecular complexity index is 632. The summed E-state index contributed by atoms with van der Waals surface area (Å²) in [6, 6.07) is 4.79. The van der Waals surface area contributed by atoms with Crippen molar-refractivity contribution in [2.75, 3.05) is 23.5 Å². The van der Waals surface area contributed by atoms with Crippen LogP contribution in [-0.2, 0) is 15.2 Å². The van der Waals surface area contributed by atoms with Crippen LogP contribution in [0.25, 0.3) is 0 Å². The van der Waals surface area contributed by atoms with Crippen molar-refractivity contribution < 1.29 is 13.3 Å². The van der Waals surface area contributed by atoms with Gasteiger partial charge in [0.2, 0.25) is 0 Å². The number of alkyl halides is 1. The number of hydrogen-bond acceptors (Lipinski definition) is 5. The van der Waals surface area contributed by atoms with Gasteiger partial charge in [0.25, 0.3) is 5.69 Å². The van der Waals surface area contributed by atoms with Crippen molar-refractivity contribution in [3.05, 3.63) is 33.9 Å². The van der Waals surface area contributed by atoms with Crippen molar-refractivity contribution in [3.8, 4) is 0 Å². The summed E-state index contributed by atoms with van der Waals surface area (Å²) in [4.78, 5) is 12.4. The number of benzene rings is 1. The van der Waals surface area contributed by atoms with Crippen LogP contribution in [-0.4, -0.2) is 37.9 Å². The fraction of sp³-hybridized carbons (Fsp3) is 0.500. The topological polar surface area (TPSA) is 80.5 Å². The molecule has 2 rings (SSSR count). The molecule has 1 aromatic carbocycles. The van der Waals surface area contributed by atoms with E-state index in [1.807, 2.05) is 11.9 Å². The number of nitro groups is 1. The van der Waals surface area contributed by atoms with Crippen LogP contribution in [0.15, 0.2) is 18.2 Å². The van der Waals surface area contributed by atoms with Gasteiger partial charge in [-0.25, -0.2) is 8.42 Å². The molecule has 1 aromatic rings. The number of nitro benzene ring substituents is 1. The molecular weight excluding hydrogens is 348 g/mol. The highest BCUT2D eigenvalue weighted by molar-refractivity contribution is 9.08. The molecule has 0 aliphatic carbocycles. The summed E-state index contributed by atoms with van der Waals surface area (Å²) in [5.74, 6) is 0.352. The number of nitrogens with zero attached hydrogens (tertiary/aromatic N) is 2. The molecule has 1 aliphatic rings. The van der Waals surface area contributed by atoms with E-state index >= 15 is 0 Å². The second-order valence-corrected chi connectivity index (χ2v) is 7.66. The third kappa shape index (κ3) is 3.12. The van der Waals surface area contributed by atoms with Gasteiger partial charge in [0.1, 0.15) is 0 Å². The zero-order valence-corrected chi connectivity index (χ0v) is 13.4. The van der Waals surface area contributed by atoms with Crippen molar-refractivity contribution >= 4 is 37.1 Å². The number of halogens is 1. The average molecular weight is 363 g/mol. The standard InChI is InChI=1S/C12H15BrN2O4S/c1-14(11-4-5-20(18,19)8-11)10-2-3-12(15(16)17)9(6-10)7-13/h2-3,6,11H,4-5,7-8H2,1H3. The molecule has 1 heterocycles. The maximum absolute atomic E-state index is 11.5. The van der Waals surface area contributed by atoms with E-state index in [4.69, 9.17) is 0 Å². The molecule has 6 nitrogen and oxygen atoms in total. The van der Waals surface area contributed by atoms with Gasteiger partial charge >= 0.3 is 0 Å². The minimum atomic E-state index is -2.94. The van der Waals surface area contributed by atoms with Gasteiger partial charge < -0.3 is 4.90 Å². The van der Waals surface area contributed by atoms with E-state index in [2.05, 4.69) is 15.9 Å². The zero-order chi connectivity index (χ0) is 14.9. The molecule has 0 bridgehead atoms. The van der Waals surface area contributed by atoms with Crippen LogP contribution >= 0.6 is 15.9 Å². The van der Waals surface area contributed by atoms with Crippen molar-refractivity contribution in [2.45, 2.75) is 17.8 Å². The molecule has 1 saturated heterocycles. The Labute approximate surface area is 126 Å². The van der Waals surface area contributed by atoms with Crippen LogP contribution in [0.3, 0.4) is 0 Å². The van der Waals surface area contributed by atoms with Crippen LogP contribution in [0.1, 0.15) is 12.0 Å². The van der Waals surface area contributed by atoms with Crippen LogP contribution < -0.4 is 4.90 Å². The fourth-order valence-corrected chi connectivity index (χ4v) is 4.59. The fourth-order valence-electron chi connectivity index (χ4n) is 2.37. The number of sulfone groups is 1. The lowest BCUT2D eigenvalue weighted by molar-refractivity contribution is -0.385. The van der Waals surface area contributed by atoms with Gasteiger partial charge in [-0.1, -0.05) is 15.9 Å². The summed E-state index contributed by atoms with van der Waals surface area (Å²) in [5.41, 5.74) is 1.45. The normalized spacial score (nSPS) is 20.8. The van der Waals surface area contributed by atoms with Crippen molar-refractivity contribution in [1.29, 1.82) is 0 Å². The summed E-state index contributed by atoms with van der Waals surface area (Å²) in [6.07, 6.45) is 0.597. The smallest absolute Gasteiger partial charge is 0.273 e. The first-order chi connectivity index (χ1) is 9.34. The monoisotopic (exact) mass is 362 g/mol. The molecule has 0 aromatic heterocycles. The summed E-state index contributed by atoms with van der Waals surface area (Å²) in [5, 5.41) is 11.3. The van der Waals surface area contributed by atoms with Gasteiger partial charge in [0, 0.05) is 35.7 Å². The molecule has 0 saturated carbocycles. The summed E-state index contributed by atoms with van der Waals surface area (Å²) >= 11 is 3.24. The lowest BCUT2D eigenvalue weighted by atomic mass is 10.1. The SMILES string of the molecule is CN(c1ccc([N+](=O)[O-])c(CBr)c1)C1CCS(=O)(=O)C1. The Hall–Kier alpha value is -1.15. The highest BCUT2D eigenvalue weighted by Crippen LogP contribution is 2.29. The third-order valence-corrected chi connectivity index (χ3v) is 5.92. The maximum atomic E-state index is 11.5. The van der Waals surface area contributed by atoms with Gasteiger partial charge in [-0.15, -0.1) is 0 Å². The maximum Gasteiger partial charge on any atom is 0.273 e. The Kier molecular flexibility index (Phi) is 4.33. The Morgan fingerprint density at radius 3 is 2.70 bits per heavy atom. The minimum absolute atomic E-state index is 0.0652. The van der Waals surface area contributed by atoms with E-state index in [0.29, 0.717) is 17.3 Å². The van der Waals surface area contributed by atoms with Crippen LogP contribution in [0.4, 0.5) is 11.4 Å². The van der Waals surface area contributed by atoms with E-state index in [9.17, 15) is 18.5 Å². The van der Waals surface area contributed by atoms with E-state index in [0.717, 1.165) is 5.69 Å². The molecule has 110 valence electrons. The second-order valence-electron chi connectivity index (χ2n) is 4.87. The molecule has 20 heavy (non-hydrogen) atoms. The summed E-state index contributed by atoms with van der Waals surface area (Å²) < 4.78 is 23.0. The second kappa shape index (κ2) is 5.69. The van der Waals surface area contributed by atoms with E-state index in [1.165, 1.54) is 6.07 Å². The van der Waals surface area contributed by atoms with Crippen LogP contribution in [0.5, 0.6) is 0 Å². The Morgan fingerprint density at radius 1 is 1.50 bits per heavy atom. The summed E-state index contributed by atoms with van der Waals surface area (Å²) in [6.45, 7) is 0. The Morgan fingerprint density at radius 2 is 2.20 bits per heavy atom. The molecule has 1 fully saturated rings. The molecule has 0 N–H and O–H groups in total. The molecule has 1 unspecified atom stereocenters. The number of hydrogen-bond donors (Lipinski definition) is 0. The molecule has 1 atom stereocenters. The lowest BCUT2D eigenvalue weighted by Crippen LogP contribution is -2.32. The van der Waals surface area contributed by atoms with Crippen LogP contribution in [0.2, 0.25) is 0 Å². The first-order valence-corrected chi connectivity index (χ1v) is 9.05. The van der Waals surface area contributed by atoms with Gasteiger partial charge in [0.15, 0.2) is 9.84 Å². The molecule has 8 heteroatoms. The quantitative estimate of drug-likeness (QED) is 0.465. The highest BCUT2D eigenvalue weighted by atomic mass is 79.9. The summed E-state index contributed by atoms with van der Waals surface area (Å²) in [7, 11) is -1.12. The number of anilines is 1. The van der Waals surface area contributed by atoms with E-state index in [1.54, 1.807) is 12.1 Å². The van der Waals surface area contributed by atoms with Crippen molar-refractivity contribution in [2.24, 2.45) is 0 Å². The molecule has 1 aliphatic heterocycles. The van der Waals surface area contributed by atoms with Gasteiger partial charge in [-0.05, 0) is 18.6 Å². The van der Waals surface area contributed by atoms with Gasteiger partial charge in [-0.2, -0.15) is 0 Å². The lowest BCUT2D eigenvalue weighted by Gasteiger charge is -2.26. The highest BCUT2D eigenvalue weighted by Gasteiger charge is 2.31. The van der Waals surface area contributed by atoms with E-state index < -0.39 is 14.8 Å². The van der Waals surface area contributed by atoms with Crippen molar-refractivity contribution in [3.63, 3.8) is 0 Å². The predicted molar refractivity (Wildman–Crippen MR) is 81.2 cm³/mol. The molecule has 0 spiro atoms. The molecule has 0 radical (unpaired) electrons. The molecule has 0 amide bonds. The van der Waals surface area contributed by atoms with Gasteiger partial charge in [-0.3, -0.25) is 10.1 Å². The predicted octanol–water partition coefficient (Wildman–Crippen LogP) is 2.11. The van der Waals surface area contributed by atoms with E-state index in [-0.39, 0.29) is 23.2 Å².